The van der Waals surface area contributed by atoms with Gasteiger partial charge >= 0.3 is 0 Å². The maximum atomic E-state index is 10.8. The molecule has 0 spiro atoms. The first-order valence-corrected chi connectivity index (χ1v) is 9.28. The third-order valence-corrected chi connectivity index (χ3v) is 4.08. The van der Waals surface area contributed by atoms with E-state index in [9.17, 15) is 15.0 Å². The van der Waals surface area contributed by atoms with E-state index in [0.29, 0.717) is 29.3 Å². The maximum absolute atomic E-state index is 10.8. The Morgan fingerprint density at radius 2 is 2.00 bits per heavy atom. The van der Waals surface area contributed by atoms with E-state index in [0.717, 1.165) is 5.56 Å². The van der Waals surface area contributed by atoms with E-state index >= 15 is 0 Å². The van der Waals surface area contributed by atoms with E-state index in [1.165, 1.54) is 6.92 Å². The van der Waals surface area contributed by atoms with Crippen LogP contribution in [0.1, 0.15) is 38.2 Å². The lowest BCUT2D eigenvalue weighted by Gasteiger charge is -2.00. The van der Waals surface area contributed by atoms with Crippen molar-refractivity contribution in [2.45, 2.75) is 44.8 Å². The van der Waals surface area contributed by atoms with Gasteiger partial charge in [-0.05, 0) is 44.0 Å². The Morgan fingerprint density at radius 3 is 2.70 bits per heavy atom. The largest absolute Gasteiger partial charge is 0.388 e. The second-order valence-electron chi connectivity index (χ2n) is 5.84. The third kappa shape index (κ3) is 11.3. The molecule has 1 rings (SSSR count). The minimum absolute atomic E-state index is 0.111. The summed E-state index contributed by atoms with van der Waals surface area (Å²) in [6.45, 7) is 1.53. The first-order chi connectivity index (χ1) is 12.9. The molecule has 5 heteroatoms. The van der Waals surface area contributed by atoms with Crippen molar-refractivity contribution in [3.05, 3.63) is 58.1 Å². The minimum Gasteiger partial charge on any atom is -0.388 e. The van der Waals surface area contributed by atoms with Gasteiger partial charge < -0.3 is 15.0 Å². The highest BCUT2D eigenvalue weighted by atomic mass is 35.5. The van der Waals surface area contributed by atoms with Crippen LogP contribution in [0.3, 0.4) is 0 Å². The molecule has 2 atom stereocenters. The number of Topliss-reactive ketones (excluding diaryl/α,β-unsaturated/α-hetero) is 1. The second kappa shape index (κ2) is 13.2. The molecule has 0 amide bonds. The molecule has 0 aliphatic rings. The molecule has 1 aromatic carbocycles. The van der Waals surface area contributed by atoms with Crippen molar-refractivity contribution in [3.63, 3.8) is 0 Å². The summed E-state index contributed by atoms with van der Waals surface area (Å²) in [5.41, 5.74) is 0.734. The van der Waals surface area contributed by atoms with Gasteiger partial charge in [0.05, 0.1) is 16.1 Å². The van der Waals surface area contributed by atoms with E-state index in [4.69, 9.17) is 23.2 Å². The number of rotatable bonds is 7. The summed E-state index contributed by atoms with van der Waals surface area (Å²) >= 11 is 11.8. The van der Waals surface area contributed by atoms with Gasteiger partial charge in [0.1, 0.15) is 11.9 Å². The van der Waals surface area contributed by atoms with Crippen LogP contribution in [0.5, 0.6) is 0 Å². The first kappa shape index (κ1) is 23.0. The Balaban J connectivity index is 2.35. The van der Waals surface area contributed by atoms with Gasteiger partial charge in [-0.25, -0.2) is 0 Å². The lowest BCUT2D eigenvalue weighted by atomic mass is 10.1. The summed E-state index contributed by atoms with van der Waals surface area (Å²) in [6, 6.07) is 5.12. The van der Waals surface area contributed by atoms with Crippen LogP contribution in [0.4, 0.5) is 0 Å². The number of hydrogen-bond donors (Lipinski definition) is 2. The fourth-order valence-corrected chi connectivity index (χ4v) is 2.25. The van der Waals surface area contributed by atoms with Crippen molar-refractivity contribution in [2.75, 3.05) is 0 Å². The van der Waals surface area contributed by atoms with Gasteiger partial charge in [0.15, 0.2) is 0 Å². The lowest BCUT2D eigenvalue weighted by Crippen LogP contribution is -2.03. The second-order valence-corrected chi connectivity index (χ2v) is 6.66. The summed E-state index contributed by atoms with van der Waals surface area (Å²) in [5, 5.41) is 20.4. The smallest absolute Gasteiger partial charge is 0.129 e. The average Bonchev–Trinajstić information content (AvgIpc) is 2.60. The predicted octanol–water partition coefficient (Wildman–Crippen LogP) is 4.33. The number of hydrogen-bond acceptors (Lipinski definition) is 3. The molecule has 0 heterocycles. The number of aliphatic hydroxyl groups is 2. The SMILES string of the molecule is CC(=O)CCC[C@H](O)C#C/C=C/C=C/[C@H](O)CC#Cc1ccc(Cl)c(Cl)c1. The molecule has 0 aromatic heterocycles. The van der Waals surface area contributed by atoms with Crippen molar-refractivity contribution in [1.29, 1.82) is 0 Å². The summed E-state index contributed by atoms with van der Waals surface area (Å²) in [4.78, 5) is 10.8. The molecule has 1 aromatic rings. The number of benzene rings is 1. The Labute approximate surface area is 170 Å². The van der Waals surface area contributed by atoms with Crippen LogP contribution in [0.2, 0.25) is 10.0 Å². The standard InChI is InChI=1S/C22H22Cl2O3/c1-17(25)8-6-12-19(26)10-4-2-3-5-11-20(27)13-7-9-18-14-15-21(23)22(24)16-18/h2-3,5,11,14-16,19-20,26-27H,6,8,12-13H2,1H3/b3-2+,11-5+/t19-,20+/m1/s1. The van der Waals surface area contributed by atoms with Crippen LogP contribution in [0.15, 0.2) is 42.5 Å². The molecule has 2 N–H and O–H groups in total. The summed E-state index contributed by atoms with van der Waals surface area (Å²) < 4.78 is 0. The number of aliphatic hydroxyl groups excluding tert-OH is 2. The molecule has 27 heavy (non-hydrogen) atoms. The van der Waals surface area contributed by atoms with Crippen LogP contribution in [-0.2, 0) is 4.79 Å². The topological polar surface area (TPSA) is 57.5 Å². The fraction of sp³-hybridized carbons (Fsp3) is 0.318. The summed E-state index contributed by atoms with van der Waals surface area (Å²) in [6.07, 6.45) is 6.94. The number of ketones is 1. The van der Waals surface area contributed by atoms with Gasteiger partial charge in [-0.1, -0.05) is 65.1 Å². The zero-order valence-electron chi connectivity index (χ0n) is 15.1. The van der Waals surface area contributed by atoms with Crippen LogP contribution < -0.4 is 0 Å². The molecule has 0 unspecified atom stereocenters. The molecule has 0 aliphatic heterocycles. The highest BCUT2D eigenvalue weighted by molar-refractivity contribution is 6.42. The average molecular weight is 405 g/mol. The van der Waals surface area contributed by atoms with E-state index < -0.39 is 12.2 Å². The molecule has 0 fully saturated rings. The van der Waals surface area contributed by atoms with Crippen LogP contribution in [0.25, 0.3) is 0 Å². The Morgan fingerprint density at radius 1 is 1.22 bits per heavy atom. The fourth-order valence-electron chi connectivity index (χ4n) is 1.96. The molecule has 142 valence electrons. The van der Waals surface area contributed by atoms with Crippen molar-refractivity contribution in [3.8, 4) is 23.7 Å². The number of allylic oxidation sites excluding steroid dienone is 3. The normalized spacial score (nSPS) is 12.9. The van der Waals surface area contributed by atoms with Crippen LogP contribution in [-0.4, -0.2) is 28.2 Å². The van der Waals surface area contributed by atoms with Gasteiger partial charge in [-0.2, -0.15) is 0 Å². The van der Waals surface area contributed by atoms with Crippen molar-refractivity contribution in [1.82, 2.24) is 0 Å². The van der Waals surface area contributed by atoms with Crippen molar-refractivity contribution >= 4 is 29.0 Å². The summed E-state index contributed by atoms with van der Waals surface area (Å²) in [5.74, 6) is 11.3. The molecular weight excluding hydrogens is 383 g/mol. The van der Waals surface area contributed by atoms with E-state index in [-0.39, 0.29) is 12.2 Å². The third-order valence-electron chi connectivity index (χ3n) is 3.34. The molecule has 3 nitrogen and oxygen atoms in total. The van der Waals surface area contributed by atoms with Gasteiger partial charge in [-0.3, -0.25) is 0 Å². The molecule has 0 bridgehead atoms. The summed E-state index contributed by atoms with van der Waals surface area (Å²) in [7, 11) is 0. The zero-order valence-corrected chi connectivity index (χ0v) is 16.6. The van der Waals surface area contributed by atoms with Gasteiger partial charge in [-0.15, -0.1) is 0 Å². The quantitative estimate of drug-likeness (QED) is 0.525. The van der Waals surface area contributed by atoms with Gasteiger partial charge in [0, 0.05) is 18.4 Å². The Bertz CT molecular complexity index is 804. The van der Waals surface area contributed by atoms with Crippen molar-refractivity contribution < 1.29 is 15.0 Å². The molecule has 0 aliphatic carbocycles. The number of carbonyl (C=O) groups is 1. The molecule has 0 radical (unpaired) electrons. The van der Waals surface area contributed by atoms with Crippen molar-refractivity contribution in [2.24, 2.45) is 0 Å². The van der Waals surface area contributed by atoms with Gasteiger partial charge in [0.25, 0.3) is 0 Å². The van der Waals surface area contributed by atoms with Crippen LogP contribution >= 0.6 is 23.2 Å². The molecular formula is C22H22Cl2O3. The minimum atomic E-state index is -0.736. The Kier molecular flexibility index (Phi) is 11.3. The van der Waals surface area contributed by atoms with Gasteiger partial charge in [0.2, 0.25) is 0 Å². The molecule has 0 saturated heterocycles. The lowest BCUT2D eigenvalue weighted by molar-refractivity contribution is -0.117. The maximum Gasteiger partial charge on any atom is 0.129 e. The molecule has 0 saturated carbocycles. The number of halogens is 2. The Hall–Kier alpha value is -2.01. The van der Waals surface area contributed by atoms with E-state index in [1.807, 2.05) is 0 Å². The highest BCUT2D eigenvalue weighted by Gasteiger charge is 2.00. The number of carbonyl (C=O) groups excluding carboxylic acids is 1. The van der Waals surface area contributed by atoms with E-state index in [1.54, 1.807) is 42.5 Å². The monoisotopic (exact) mass is 404 g/mol. The van der Waals surface area contributed by atoms with E-state index in [2.05, 4.69) is 23.7 Å². The predicted molar refractivity (Wildman–Crippen MR) is 111 cm³/mol. The van der Waals surface area contributed by atoms with Crippen LogP contribution in [0, 0.1) is 23.7 Å². The zero-order chi connectivity index (χ0) is 20.1. The first-order valence-electron chi connectivity index (χ1n) is 8.52. The highest BCUT2D eigenvalue weighted by Crippen LogP contribution is 2.22.